The Morgan fingerprint density at radius 1 is 0.900 bits per heavy atom. The van der Waals surface area contributed by atoms with Crippen LogP contribution in [0.2, 0.25) is 0 Å². The maximum absolute atomic E-state index is 10.9. The highest BCUT2D eigenvalue weighted by atomic mass is 16.5. The molecule has 1 saturated carbocycles. The van der Waals surface area contributed by atoms with Crippen molar-refractivity contribution < 1.29 is 14.6 Å². The molecule has 0 heterocycles. The standard InChI is InChI=1S/C27H32O3/c1-25(2)12-13-26(3,4)21-17-19(8-9-20(21)25)27(14-15-27)22-16-18(7-11-24(28)29)6-10-23(22)30-5/h6-11,16-17H,12-15H2,1-5H3,(H,28,29)/b11-7+. The second-order valence-electron chi connectivity index (χ2n) is 10.2. The molecule has 0 saturated heterocycles. The van der Waals surface area contributed by atoms with Gasteiger partial charge in [0.2, 0.25) is 0 Å². The first kappa shape index (κ1) is 20.7. The molecule has 3 heteroatoms. The summed E-state index contributed by atoms with van der Waals surface area (Å²) in [5.41, 5.74) is 6.68. The first-order valence-corrected chi connectivity index (χ1v) is 10.8. The predicted molar refractivity (Wildman–Crippen MR) is 121 cm³/mol. The van der Waals surface area contributed by atoms with Crippen molar-refractivity contribution in [2.75, 3.05) is 7.11 Å². The van der Waals surface area contributed by atoms with Gasteiger partial charge < -0.3 is 9.84 Å². The van der Waals surface area contributed by atoms with Gasteiger partial charge in [-0.25, -0.2) is 4.79 Å². The third kappa shape index (κ3) is 3.45. The topological polar surface area (TPSA) is 46.5 Å². The Morgan fingerprint density at radius 3 is 2.17 bits per heavy atom. The monoisotopic (exact) mass is 404 g/mol. The van der Waals surface area contributed by atoms with Crippen LogP contribution in [0, 0.1) is 0 Å². The molecule has 3 nitrogen and oxygen atoms in total. The Morgan fingerprint density at radius 2 is 1.57 bits per heavy atom. The van der Waals surface area contributed by atoms with Crippen molar-refractivity contribution in [3.8, 4) is 5.75 Å². The van der Waals surface area contributed by atoms with Crippen LogP contribution >= 0.6 is 0 Å². The van der Waals surface area contributed by atoms with Crippen molar-refractivity contribution in [1.82, 2.24) is 0 Å². The maximum atomic E-state index is 10.9. The molecule has 0 aromatic heterocycles. The molecule has 30 heavy (non-hydrogen) atoms. The summed E-state index contributed by atoms with van der Waals surface area (Å²) in [7, 11) is 1.71. The largest absolute Gasteiger partial charge is 0.496 e. The quantitative estimate of drug-likeness (QED) is 0.602. The van der Waals surface area contributed by atoms with Crippen LogP contribution in [0.5, 0.6) is 5.75 Å². The zero-order chi connectivity index (χ0) is 21.7. The average Bonchev–Trinajstić information content (AvgIpc) is 3.51. The molecule has 0 amide bonds. The first-order valence-electron chi connectivity index (χ1n) is 10.8. The molecule has 0 atom stereocenters. The van der Waals surface area contributed by atoms with Crippen LogP contribution in [0.25, 0.3) is 6.08 Å². The molecule has 1 N–H and O–H groups in total. The van der Waals surface area contributed by atoms with Gasteiger partial charge in [0.05, 0.1) is 7.11 Å². The number of ether oxygens (including phenoxy) is 1. The molecule has 0 aliphatic heterocycles. The normalized spacial score (nSPS) is 20.6. The summed E-state index contributed by atoms with van der Waals surface area (Å²) in [5, 5.41) is 8.99. The molecule has 158 valence electrons. The van der Waals surface area contributed by atoms with Gasteiger partial charge in [-0.15, -0.1) is 0 Å². The number of methoxy groups -OCH3 is 1. The lowest BCUT2D eigenvalue weighted by Gasteiger charge is -2.42. The molecular formula is C27H32O3. The van der Waals surface area contributed by atoms with Gasteiger partial charge >= 0.3 is 5.97 Å². The van der Waals surface area contributed by atoms with E-state index in [-0.39, 0.29) is 16.2 Å². The number of fused-ring (bicyclic) bond motifs is 1. The Bertz CT molecular complexity index is 1020. The third-order valence-electron chi connectivity index (χ3n) is 7.31. The van der Waals surface area contributed by atoms with Crippen molar-refractivity contribution >= 4 is 12.0 Å². The van der Waals surface area contributed by atoms with E-state index in [9.17, 15) is 4.79 Å². The highest BCUT2D eigenvalue weighted by molar-refractivity contribution is 5.85. The minimum absolute atomic E-state index is 0.0505. The summed E-state index contributed by atoms with van der Waals surface area (Å²) in [4.78, 5) is 10.9. The van der Waals surface area contributed by atoms with Crippen LogP contribution in [0.1, 0.15) is 81.2 Å². The number of hydrogen-bond acceptors (Lipinski definition) is 2. The number of rotatable bonds is 5. The predicted octanol–water partition coefficient (Wildman–Crippen LogP) is 6.22. The fourth-order valence-electron chi connectivity index (χ4n) is 5.10. The van der Waals surface area contributed by atoms with Gasteiger partial charge in [-0.3, -0.25) is 0 Å². The van der Waals surface area contributed by atoms with Gasteiger partial charge in [0, 0.05) is 17.1 Å². The highest BCUT2D eigenvalue weighted by Gasteiger charge is 2.49. The Balaban J connectivity index is 1.82. The van der Waals surface area contributed by atoms with Gasteiger partial charge in [0.25, 0.3) is 0 Å². The van der Waals surface area contributed by atoms with E-state index in [1.807, 2.05) is 12.1 Å². The molecule has 2 aliphatic carbocycles. The molecule has 2 aliphatic rings. The first-order chi connectivity index (χ1) is 14.1. The van der Waals surface area contributed by atoms with E-state index in [4.69, 9.17) is 9.84 Å². The number of carboxylic acids is 1. The summed E-state index contributed by atoms with van der Waals surface area (Å²) in [6, 6.07) is 13.1. The lowest BCUT2D eigenvalue weighted by Crippen LogP contribution is -2.34. The molecule has 0 spiro atoms. The summed E-state index contributed by atoms with van der Waals surface area (Å²) in [6.07, 6.45) is 7.41. The van der Waals surface area contributed by atoms with Crippen molar-refractivity contribution in [3.63, 3.8) is 0 Å². The van der Waals surface area contributed by atoms with Crippen LogP contribution in [0.3, 0.4) is 0 Å². The molecule has 0 bridgehead atoms. The minimum Gasteiger partial charge on any atom is -0.496 e. The molecule has 2 aromatic carbocycles. The summed E-state index contributed by atoms with van der Waals surface area (Å²) in [6.45, 7) is 9.44. The molecular weight excluding hydrogens is 372 g/mol. The van der Waals surface area contributed by atoms with Crippen LogP contribution in [0.15, 0.2) is 42.5 Å². The lowest BCUT2D eigenvalue weighted by molar-refractivity contribution is -0.131. The average molecular weight is 405 g/mol. The smallest absolute Gasteiger partial charge is 0.328 e. The SMILES string of the molecule is COc1ccc(/C=C/C(=O)O)cc1C1(c2ccc3c(c2)C(C)(C)CCC3(C)C)CC1. The molecule has 0 unspecified atom stereocenters. The Kier molecular flexibility index (Phi) is 4.84. The van der Waals surface area contributed by atoms with Crippen LogP contribution in [0.4, 0.5) is 0 Å². The lowest BCUT2D eigenvalue weighted by atomic mass is 9.62. The second kappa shape index (κ2) is 7.01. The summed E-state index contributed by atoms with van der Waals surface area (Å²) < 4.78 is 5.72. The van der Waals surface area contributed by atoms with Gasteiger partial charge in [-0.2, -0.15) is 0 Å². The molecule has 4 rings (SSSR count). The fourth-order valence-corrected chi connectivity index (χ4v) is 5.10. The van der Waals surface area contributed by atoms with E-state index in [0.29, 0.717) is 0 Å². The number of benzene rings is 2. The van der Waals surface area contributed by atoms with Crippen molar-refractivity contribution in [1.29, 1.82) is 0 Å². The van der Waals surface area contributed by atoms with E-state index < -0.39 is 5.97 Å². The van der Waals surface area contributed by atoms with E-state index in [1.54, 1.807) is 13.2 Å². The highest BCUT2D eigenvalue weighted by Crippen LogP contribution is 2.57. The second-order valence-corrected chi connectivity index (χ2v) is 10.2. The molecule has 1 fully saturated rings. The van der Waals surface area contributed by atoms with Crippen molar-refractivity contribution in [2.45, 2.75) is 69.6 Å². The Hall–Kier alpha value is -2.55. The van der Waals surface area contributed by atoms with E-state index in [2.05, 4.69) is 52.0 Å². The van der Waals surface area contributed by atoms with Crippen LogP contribution < -0.4 is 4.74 Å². The molecule has 0 radical (unpaired) electrons. The summed E-state index contributed by atoms with van der Waals surface area (Å²) in [5.74, 6) is -0.0645. The van der Waals surface area contributed by atoms with Crippen LogP contribution in [-0.4, -0.2) is 18.2 Å². The van der Waals surface area contributed by atoms with Crippen molar-refractivity contribution in [2.24, 2.45) is 0 Å². The van der Waals surface area contributed by atoms with E-state index >= 15 is 0 Å². The van der Waals surface area contributed by atoms with E-state index in [1.165, 1.54) is 35.6 Å². The minimum atomic E-state index is -0.937. The number of carbonyl (C=O) groups is 1. The zero-order valence-electron chi connectivity index (χ0n) is 18.7. The maximum Gasteiger partial charge on any atom is 0.328 e. The van der Waals surface area contributed by atoms with E-state index in [0.717, 1.165) is 29.7 Å². The van der Waals surface area contributed by atoms with Gasteiger partial charge in [0.15, 0.2) is 0 Å². The number of hydrogen-bond donors (Lipinski definition) is 1. The number of carboxylic acid groups (broad SMARTS) is 1. The van der Waals surface area contributed by atoms with Crippen LogP contribution in [-0.2, 0) is 21.0 Å². The summed E-state index contributed by atoms with van der Waals surface area (Å²) >= 11 is 0. The Labute approximate surface area is 179 Å². The van der Waals surface area contributed by atoms with Gasteiger partial charge in [-0.05, 0) is 77.0 Å². The number of aliphatic carboxylic acids is 1. The zero-order valence-corrected chi connectivity index (χ0v) is 18.7. The molecule has 2 aromatic rings. The fraction of sp³-hybridized carbons (Fsp3) is 0.444. The van der Waals surface area contributed by atoms with Crippen molar-refractivity contribution in [3.05, 3.63) is 70.3 Å². The van der Waals surface area contributed by atoms with Gasteiger partial charge in [0.1, 0.15) is 5.75 Å². The van der Waals surface area contributed by atoms with Gasteiger partial charge in [-0.1, -0.05) is 52.0 Å². The third-order valence-corrected chi connectivity index (χ3v) is 7.31.